The number of esters is 1. The van der Waals surface area contributed by atoms with Crippen molar-refractivity contribution in [2.24, 2.45) is 0 Å². The third-order valence-electron chi connectivity index (χ3n) is 5.22. The summed E-state index contributed by atoms with van der Waals surface area (Å²) in [5.41, 5.74) is 3.26. The van der Waals surface area contributed by atoms with Gasteiger partial charge in [-0.05, 0) is 44.4 Å². The van der Waals surface area contributed by atoms with Crippen molar-refractivity contribution in [3.8, 4) is 0 Å². The SMILES string of the molecule is COC(=O)C1=C[C@H]2c3cccc4[nH]cc(c34)C[C@H]2N(C(=O)OC(C)(C)C)C1. The second kappa shape index (κ2) is 6.15. The molecule has 0 saturated carbocycles. The Balaban J connectivity index is 1.80. The Labute approximate surface area is 158 Å². The first kappa shape index (κ1) is 17.6. The van der Waals surface area contributed by atoms with Crippen molar-refractivity contribution in [3.63, 3.8) is 0 Å². The number of hydrogen-bond donors (Lipinski definition) is 1. The first-order valence-electron chi connectivity index (χ1n) is 9.16. The van der Waals surface area contributed by atoms with Gasteiger partial charge in [-0.3, -0.25) is 4.90 Å². The molecule has 2 atom stereocenters. The molecule has 1 aromatic heterocycles. The molecule has 1 N–H and O–H groups in total. The standard InChI is InChI=1S/C21H24N2O4/c1-21(2,3)27-20(25)23-11-13(19(24)26-4)8-15-14-6-5-7-16-18(14)12(10-22-16)9-17(15)23/h5-8,10,15,17,22H,9,11H2,1-4H3/t15-,17+/m0/s1. The molecule has 1 aliphatic carbocycles. The number of fused-ring (bicyclic) bond motifs is 2. The number of aromatic amines is 1. The van der Waals surface area contributed by atoms with Gasteiger partial charge in [-0.25, -0.2) is 9.59 Å². The summed E-state index contributed by atoms with van der Waals surface area (Å²) in [6.07, 6.45) is 4.28. The Morgan fingerprint density at radius 3 is 2.74 bits per heavy atom. The fraction of sp³-hybridized carbons (Fsp3) is 0.429. The number of nitrogens with one attached hydrogen (secondary N) is 1. The van der Waals surface area contributed by atoms with Crippen LogP contribution in [0.25, 0.3) is 10.9 Å². The van der Waals surface area contributed by atoms with Crippen LogP contribution >= 0.6 is 0 Å². The average molecular weight is 368 g/mol. The maximum absolute atomic E-state index is 12.9. The van der Waals surface area contributed by atoms with E-state index >= 15 is 0 Å². The van der Waals surface area contributed by atoms with Crippen molar-refractivity contribution in [2.75, 3.05) is 13.7 Å². The predicted molar refractivity (Wildman–Crippen MR) is 102 cm³/mol. The van der Waals surface area contributed by atoms with Gasteiger partial charge in [0.15, 0.2) is 0 Å². The van der Waals surface area contributed by atoms with Gasteiger partial charge >= 0.3 is 12.1 Å². The van der Waals surface area contributed by atoms with Gasteiger partial charge in [0.05, 0.1) is 19.2 Å². The first-order valence-corrected chi connectivity index (χ1v) is 9.16. The lowest BCUT2D eigenvalue weighted by atomic mass is 9.76. The molecule has 0 unspecified atom stereocenters. The summed E-state index contributed by atoms with van der Waals surface area (Å²) in [5.74, 6) is -0.485. The Bertz CT molecular complexity index is 951. The van der Waals surface area contributed by atoms with Gasteiger partial charge in [-0.1, -0.05) is 18.2 Å². The summed E-state index contributed by atoms with van der Waals surface area (Å²) in [6.45, 7) is 5.72. The van der Waals surface area contributed by atoms with Gasteiger partial charge in [0.25, 0.3) is 0 Å². The number of nitrogens with zero attached hydrogens (tertiary/aromatic N) is 1. The highest BCUT2D eigenvalue weighted by Crippen LogP contribution is 2.42. The minimum Gasteiger partial charge on any atom is -0.466 e. The van der Waals surface area contributed by atoms with Gasteiger partial charge in [-0.15, -0.1) is 0 Å². The summed E-state index contributed by atoms with van der Waals surface area (Å²) in [6, 6.07) is 6.02. The average Bonchev–Trinajstić information content (AvgIpc) is 3.03. The molecule has 4 rings (SSSR count). The van der Waals surface area contributed by atoms with Crippen molar-refractivity contribution < 1.29 is 19.1 Å². The van der Waals surface area contributed by atoms with Gasteiger partial charge in [0, 0.05) is 29.1 Å². The van der Waals surface area contributed by atoms with Crippen LogP contribution in [-0.4, -0.2) is 47.2 Å². The number of hydrogen-bond acceptors (Lipinski definition) is 4. The van der Waals surface area contributed by atoms with Gasteiger partial charge in [0.2, 0.25) is 0 Å². The van der Waals surface area contributed by atoms with Gasteiger partial charge in [-0.2, -0.15) is 0 Å². The molecule has 27 heavy (non-hydrogen) atoms. The van der Waals surface area contributed by atoms with Crippen molar-refractivity contribution in [1.82, 2.24) is 9.88 Å². The number of carbonyl (C=O) groups excluding carboxylic acids is 2. The number of benzene rings is 1. The third-order valence-corrected chi connectivity index (χ3v) is 5.22. The second-order valence-corrected chi connectivity index (χ2v) is 8.17. The summed E-state index contributed by atoms with van der Waals surface area (Å²) in [7, 11) is 1.36. The number of aromatic nitrogens is 1. The molecule has 0 saturated heterocycles. The van der Waals surface area contributed by atoms with Crippen LogP contribution in [0.15, 0.2) is 36.0 Å². The van der Waals surface area contributed by atoms with Crippen molar-refractivity contribution in [1.29, 1.82) is 0 Å². The molecule has 0 radical (unpaired) electrons. The number of carbonyl (C=O) groups is 2. The fourth-order valence-electron chi connectivity index (χ4n) is 4.14. The molecule has 142 valence electrons. The molecule has 6 heteroatoms. The fourth-order valence-corrected chi connectivity index (χ4v) is 4.14. The van der Waals surface area contributed by atoms with Crippen LogP contribution in [0.2, 0.25) is 0 Å². The summed E-state index contributed by atoms with van der Waals surface area (Å²) in [5, 5.41) is 1.19. The quantitative estimate of drug-likeness (QED) is 0.782. The molecule has 6 nitrogen and oxygen atoms in total. The molecule has 1 amide bonds. The Morgan fingerprint density at radius 2 is 2.04 bits per heavy atom. The molecule has 2 heterocycles. The van der Waals surface area contributed by atoms with E-state index in [1.807, 2.05) is 45.2 Å². The van der Waals surface area contributed by atoms with Crippen molar-refractivity contribution >= 4 is 23.0 Å². The lowest BCUT2D eigenvalue weighted by Crippen LogP contribution is -2.51. The Hall–Kier alpha value is -2.76. The second-order valence-electron chi connectivity index (χ2n) is 8.17. The molecule has 1 aliphatic heterocycles. The molecule has 0 fully saturated rings. The van der Waals surface area contributed by atoms with E-state index in [1.165, 1.54) is 18.1 Å². The highest BCUT2D eigenvalue weighted by atomic mass is 16.6. The van der Waals surface area contributed by atoms with E-state index in [-0.39, 0.29) is 18.5 Å². The van der Waals surface area contributed by atoms with Gasteiger partial charge in [0.1, 0.15) is 5.60 Å². The molecule has 1 aromatic carbocycles. The van der Waals surface area contributed by atoms with Gasteiger partial charge < -0.3 is 14.5 Å². The molecule has 2 aliphatic rings. The molecule has 0 bridgehead atoms. The van der Waals surface area contributed by atoms with E-state index in [9.17, 15) is 9.59 Å². The summed E-state index contributed by atoms with van der Waals surface area (Å²) < 4.78 is 10.6. The maximum Gasteiger partial charge on any atom is 0.410 e. The minimum absolute atomic E-state index is 0.0765. The molecule has 2 aromatic rings. The minimum atomic E-state index is -0.604. The number of H-pyrrole nitrogens is 1. The maximum atomic E-state index is 12.9. The predicted octanol–water partition coefficient (Wildman–Crippen LogP) is 3.53. The van der Waals surface area contributed by atoms with Crippen LogP contribution in [0, 0.1) is 0 Å². The topological polar surface area (TPSA) is 71.6 Å². The highest BCUT2D eigenvalue weighted by Gasteiger charge is 2.42. The zero-order chi connectivity index (χ0) is 19.3. The van der Waals surface area contributed by atoms with Crippen molar-refractivity contribution in [2.45, 2.75) is 44.8 Å². The van der Waals surface area contributed by atoms with Crippen LogP contribution in [0.1, 0.15) is 37.8 Å². The third kappa shape index (κ3) is 2.99. The lowest BCUT2D eigenvalue weighted by Gasteiger charge is -2.42. The summed E-state index contributed by atoms with van der Waals surface area (Å²) >= 11 is 0. The largest absolute Gasteiger partial charge is 0.466 e. The molecular weight excluding hydrogens is 344 g/mol. The molecule has 0 spiro atoms. The summed E-state index contributed by atoms with van der Waals surface area (Å²) in [4.78, 5) is 30.2. The van der Waals surface area contributed by atoms with E-state index in [2.05, 4.69) is 11.1 Å². The van der Waals surface area contributed by atoms with Crippen LogP contribution in [0.4, 0.5) is 4.79 Å². The van der Waals surface area contributed by atoms with E-state index in [0.717, 1.165) is 11.1 Å². The number of rotatable bonds is 1. The smallest absolute Gasteiger partial charge is 0.410 e. The van der Waals surface area contributed by atoms with E-state index in [4.69, 9.17) is 9.47 Å². The van der Waals surface area contributed by atoms with Crippen LogP contribution < -0.4 is 0 Å². The van der Waals surface area contributed by atoms with Crippen molar-refractivity contribution in [3.05, 3.63) is 47.2 Å². The van der Waals surface area contributed by atoms with E-state index in [1.54, 1.807) is 4.90 Å². The molecular formula is C21H24N2O4. The van der Waals surface area contributed by atoms with Crippen LogP contribution in [-0.2, 0) is 20.7 Å². The number of amides is 1. The van der Waals surface area contributed by atoms with Crippen LogP contribution in [0.3, 0.4) is 0 Å². The number of methoxy groups -OCH3 is 1. The monoisotopic (exact) mass is 368 g/mol. The highest BCUT2D eigenvalue weighted by molar-refractivity contribution is 5.92. The zero-order valence-electron chi connectivity index (χ0n) is 16.0. The lowest BCUT2D eigenvalue weighted by molar-refractivity contribution is -0.136. The Morgan fingerprint density at radius 1 is 1.26 bits per heavy atom. The van der Waals surface area contributed by atoms with Crippen LogP contribution in [0.5, 0.6) is 0 Å². The van der Waals surface area contributed by atoms with E-state index < -0.39 is 17.7 Å². The normalized spacial score (nSPS) is 21.5. The van der Waals surface area contributed by atoms with E-state index in [0.29, 0.717) is 12.0 Å². The Kier molecular flexibility index (Phi) is 4.02. The zero-order valence-corrected chi connectivity index (χ0v) is 16.0. The number of ether oxygens (including phenoxy) is 2. The first-order chi connectivity index (χ1) is 12.8.